The minimum Gasteiger partial charge on any atom is -0.369 e. The molecule has 0 radical (unpaired) electrons. The molecule has 5 heteroatoms. The quantitative estimate of drug-likeness (QED) is 0.830. The fraction of sp³-hybridized carbons (Fsp3) is 0.600. The Bertz CT molecular complexity index is 443. The molecule has 1 unspecified atom stereocenters. The van der Waals surface area contributed by atoms with Gasteiger partial charge in [-0.15, -0.1) is 0 Å². The molecule has 1 aromatic heterocycles. The summed E-state index contributed by atoms with van der Waals surface area (Å²) in [7, 11) is 0. The van der Waals surface area contributed by atoms with Crippen LogP contribution in [0.4, 0.5) is 5.82 Å². The van der Waals surface area contributed by atoms with Crippen LogP contribution in [0.5, 0.6) is 0 Å². The van der Waals surface area contributed by atoms with Gasteiger partial charge in [0.15, 0.2) is 0 Å². The van der Waals surface area contributed by atoms with Gasteiger partial charge in [0, 0.05) is 19.3 Å². The van der Waals surface area contributed by atoms with Crippen LogP contribution in [0, 0.1) is 5.92 Å². The van der Waals surface area contributed by atoms with E-state index < -0.39 is 5.91 Å². The molecule has 0 aliphatic carbocycles. The van der Waals surface area contributed by atoms with Crippen molar-refractivity contribution in [2.24, 2.45) is 11.7 Å². The van der Waals surface area contributed by atoms with Crippen molar-refractivity contribution in [1.29, 1.82) is 0 Å². The van der Waals surface area contributed by atoms with Gasteiger partial charge in [-0.25, -0.2) is 4.98 Å². The Morgan fingerprint density at radius 3 is 2.90 bits per heavy atom. The van der Waals surface area contributed by atoms with E-state index in [-0.39, 0.29) is 0 Å². The first kappa shape index (κ1) is 14.8. The molecular weight excluding hydrogens is 252 g/mol. The number of nitrogens with zero attached hydrogens (tertiary/aromatic N) is 2. The number of pyridine rings is 1. The second kappa shape index (κ2) is 7.24. The number of piperidine rings is 1. The van der Waals surface area contributed by atoms with Crippen molar-refractivity contribution in [3.8, 4) is 0 Å². The van der Waals surface area contributed by atoms with Crippen LogP contribution >= 0.6 is 0 Å². The number of nitrogens with two attached hydrogens (primary N) is 1. The molecule has 1 fully saturated rings. The molecule has 1 atom stereocenters. The Balaban J connectivity index is 1.83. The largest absolute Gasteiger partial charge is 0.369 e. The number of rotatable bonds is 6. The molecule has 20 heavy (non-hydrogen) atoms. The maximum Gasteiger partial charge on any atom is 0.252 e. The van der Waals surface area contributed by atoms with Gasteiger partial charge < -0.3 is 16.0 Å². The van der Waals surface area contributed by atoms with Gasteiger partial charge in [-0.05, 0) is 44.0 Å². The molecule has 1 saturated heterocycles. The lowest BCUT2D eigenvalue weighted by Crippen LogP contribution is -2.35. The minimum atomic E-state index is -0.440. The molecule has 1 aromatic rings. The Hall–Kier alpha value is -1.62. The molecule has 0 aromatic carbocycles. The topological polar surface area (TPSA) is 71.2 Å². The third-order valence-corrected chi connectivity index (χ3v) is 3.71. The molecule has 1 aliphatic rings. The number of nitrogens with one attached hydrogen (secondary N) is 1. The van der Waals surface area contributed by atoms with Gasteiger partial charge in [-0.2, -0.15) is 0 Å². The number of likely N-dealkylation sites (tertiary alicyclic amines) is 1. The van der Waals surface area contributed by atoms with Crippen molar-refractivity contribution in [1.82, 2.24) is 9.88 Å². The van der Waals surface area contributed by atoms with E-state index in [1.54, 1.807) is 18.3 Å². The van der Waals surface area contributed by atoms with Gasteiger partial charge in [0.05, 0.1) is 5.56 Å². The third kappa shape index (κ3) is 4.20. The number of carbonyl (C=O) groups is 1. The fourth-order valence-electron chi connectivity index (χ4n) is 2.66. The number of hydrogen-bond acceptors (Lipinski definition) is 4. The van der Waals surface area contributed by atoms with Crippen LogP contribution in [0.3, 0.4) is 0 Å². The molecule has 0 bridgehead atoms. The average Bonchev–Trinajstić information content (AvgIpc) is 2.46. The van der Waals surface area contributed by atoms with E-state index in [1.807, 2.05) is 0 Å². The average molecular weight is 276 g/mol. The Labute approximate surface area is 120 Å². The summed E-state index contributed by atoms with van der Waals surface area (Å²) in [6.07, 6.45) is 5.65. The second-order valence-corrected chi connectivity index (χ2v) is 5.61. The monoisotopic (exact) mass is 276 g/mol. The maximum atomic E-state index is 11.3. The van der Waals surface area contributed by atoms with Crippen LogP contribution in [-0.2, 0) is 0 Å². The van der Waals surface area contributed by atoms with Gasteiger partial charge >= 0.3 is 0 Å². The number of primary amides is 1. The van der Waals surface area contributed by atoms with Crippen LogP contribution in [0.2, 0.25) is 0 Å². The first-order chi connectivity index (χ1) is 9.66. The molecular formula is C15H24N4O. The Morgan fingerprint density at radius 1 is 1.45 bits per heavy atom. The lowest BCUT2D eigenvalue weighted by molar-refractivity contribution is 0.100. The van der Waals surface area contributed by atoms with E-state index in [9.17, 15) is 4.79 Å². The van der Waals surface area contributed by atoms with Crippen LogP contribution in [0.1, 0.15) is 36.5 Å². The first-order valence-corrected chi connectivity index (χ1v) is 7.38. The number of hydrogen-bond donors (Lipinski definition) is 2. The lowest BCUT2D eigenvalue weighted by Gasteiger charge is -2.29. The third-order valence-electron chi connectivity index (χ3n) is 3.71. The van der Waals surface area contributed by atoms with E-state index in [0.29, 0.717) is 17.3 Å². The van der Waals surface area contributed by atoms with Crippen LogP contribution < -0.4 is 11.1 Å². The summed E-state index contributed by atoms with van der Waals surface area (Å²) >= 11 is 0. The van der Waals surface area contributed by atoms with E-state index in [2.05, 4.69) is 22.1 Å². The normalized spacial score (nSPS) is 17.6. The minimum absolute atomic E-state index is 0.440. The highest BCUT2D eigenvalue weighted by Gasteiger charge is 2.14. The molecule has 2 heterocycles. The maximum absolute atomic E-state index is 11.3. The number of carbonyl (C=O) groups excluding carboxylic acids is 1. The van der Waals surface area contributed by atoms with E-state index >= 15 is 0 Å². The van der Waals surface area contributed by atoms with Gasteiger partial charge in [0.25, 0.3) is 5.91 Å². The van der Waals surface area contributed by atoms with E-state index in [0.717, 1.165) is 13.1 Å². The Morgan fingerprint density at radius 2 is 2.20 bits per heavy atom. The summed E-state index contributed by atoms with van der Waals surface area (Å²) in [5.74, 6) is 0.658. The zero-order valence-electron chi connectivity index (χ0n) is 12.1. The number of amides is 1. The molecule has 110 valence electrons. The van der Waals surface area contributed by atoms with Crippen molar-refractivity contribution >= 4 is 11.7 Å². The molecule has 5 nitrogen and oxygen atoms in total. The fourth-order valence-corrected chi connectivity index (χ4v) is 2.66. The summed E-state index contributed by atoms with van der Waals surface area (Å²) in [6.45, 7) is 6.52. The zero-order valence-corrected chi connectivity index (χ0v) is 12.1. The summed E-state index contributed by atoms with van der Waals surface area (Å²) in [4.78, 5) is 18.0. The standard InChI is InChI=1S/C15H24N4O/c1-12(11-19-8-3-2-4-9-19)10-18-15-13(14(16)20)6-5-7-17-15/h5-7,12H,2-4,8-11H2,1H3,(H2,16,20)(H,17,18). The second-order valence-electron chi connectivity index (χ2n) is 5.61. The SMILES string of the molecule is CC(CNc1ncccc1C(N)=O)CN1CCCCC1. The van der Waals surface area contributed by atoms with Crippen LogP contribution in [0.15, 0.2) is 18.3 Å². The van der Waals surface area contributed by atoms with Crippen molar-refractivity contribution < 1.29 is 4.79 Å². The number of anilines is 1. The molecule has 1 amide bonds. The molecule has 3 N–H and O–H groups in total. The summed E-state index contributed by atoms with van der Waals surface area (Å²) in [5.41, 5.74) is 5.80. The van der Waals surface area contributed by atoms with E-state index in [1.165, 1.54) is 32.4 Å². The molecule has 0 spiro atoms. The van der Waals surface area contributed by atoms with Crippen molar-refractivity contribution in [2.75, 3.05) is 31.5 Å². The van der Waals surface area contributed by atoms with Crippen molar-refractivity contribution in [3.05, 3.63) is 23.9 Å². The number of aromatic nitrogens is 1. The first-order valence-electron chi connectivity index (χ1n) is 7.38. The predicted octanol–water partition coefficient (Wildman–Crippen LogP) is 1.71. The summed E-state index contributed by atoms with van der Waals surface area (Å²) in [6, 6.07) is 3.43. The predicted molar refractivity (Wildman–Crippen MR) is 80.7 cm³/mol. The van der Waals surface area contributed by atoms with Gasteiger partial charge in [0.2, 0.25) is 0 Å². The Kier molecular flexibility index (Phi) is 5.35. The molecule has 1 aliphatic heterocycles. The smallest absolute Gasteiger partial charge is 0.252 e. The van der Waals surface area contributed by atoms with Crippen molar-refractivity contribution in [2.45, 2.75) is 26.2 Å². The molecule has 0 saturated carbocycles. The van der Waals surface area contributed by atoms with Crippen LogP contribution in [-0.4, -0.2) is 42.0 Å². The van der Waals surface area contributed by atoms with E-state index in [4.69, 9.17) is 5.73 Å². The van der Waals surface area contributed by atoms with Crippen LogP contribution in [0.25, 0.3) is 0 Å². The zero-order chi connectivity index (χ0) is 14.4. The van der Waals surface area contributed by atoms with Gasteiger partial charge in [0.1, 0.15) is 5.82 Å². The highest BCUT2D eigenvalue weighted by molar-refractivity contribution is 5.97. The lowest BCUT2D eigenvalue weighted by atomic mass is 10.1. The van der Waals surface area contributed by atoms with Gasteiger partial charge in [-0.1, -0.05) is 13.3 Å². The molecule has 2 rings (SSSR count). The summed E-state index contributed by atoms with van der Waals surface area (Å²) < 4.78 is 0. The van der Waals surface area contributed by atoms with Crippen molar-refractivity contribution in [3.63, 3.8) is 0 Å². The summed E-state index contributed by atoms with van der Waals surface area (Å²) in [5, 5.41) is 3.25. The van der Waals surface area contributed by atoms with Gasteiger partial charge in [-0.3, -0.25) is 4.79 Å². The highest BCUT2D eigenvalue weighted by atomic mass is 16.1. The highest BCUT2D eigenvalue weighted by Crippen LogP contribution is 2.13.